The normalized spacial score (nSPS) is 11.3. The molecule has 0 radical (unpaired) electrons. The molecule has 7 nitrogen and oxygen atoms in total. The van der Waals surface area contributed by atoms with Crippen LogP contribution in [0, 0.1) is 6.92 Å². The summed E-state index contributed by atoms with van der Waals surface area (Å²) >= 11 is 11.9. The molecule has 0 bridgehead atoms. The Kier molecular flexibility index (Phi) is 10.0. The maximum Gasteiger partial charge on any atom is 0.387 e. The van der Waals surface area contributed by atoms with Gasteiger partial charge in [0.05, 0.1) is 18.1 Å². The highest BCUT2D eigenvalue weighted by atomic mass is 127. The summed E-state index contributed by atoms with van der Waals surface area (Å²) < 4.78 is 34.6. The highest BCUT2D eigenvalue weighted by molar-refractivity contribution is 14.0. The molecule has 1 heterocycles. The molecule has 1 aromatic heterocycles. The van der Waals surface area contributed by atoms with Gasteiger partial charge >= 0.3 is 6.61 Å². The van der Waals surface area contributed by atoms with Crippen molar-refractivity contribution in [1.82, 2.24) is 20.8 Å². The third kappa shape index (κ3) is 7.62. The fourth-order valence-corrected chi connectivity index (χ4v) is 2.61. The maximum absolute atomic E-state index is 12.6. The molecule has 0 saturated heterocycles. The Balaban J connectivity index is 0.00000364. The number of aliphatic imine (C=N–C) groups is 1. The van der Waals surface area contributed by atoms with E-state index in [1.54, 1.807) is 6.92 Å². The van der Waals surface area contributed by atoms with Gasteiger partial charge in [0.1, 0.15) is 5.75 Å². The Morgan fingerprint density at radius 3 is 2.67 bits per heavy atom. The van der Waals surface area contributed by atoms with Crippen LogP contribution in [0.4, 0.5) is 8.78 Å². The van der Waals surface area contributed by atoms with E-state index in [0.717, 1.165) is 0 Å². The zero-order chi connectivity index (χ0) is 19.1. The smallest absolute Gasteiger partial charge is 0.387 e. The first-order valence-corrected chi connectivity index (χ1v) is 8.38. The fraction of sp³-hybridized carbons (Fsp3) is 0.400. The van der Waals surface area contributed by atoms with Crippen LogP contribution in [-0.2, 0) is 13.1 Å². The average molecular weight is 536 g/mol. The largest absolute Gasteiger partial charge is 0.433 e. The fourth-order valence-electron chi connectivity index (χ4n) is 2.03. The maximum atomic E-state index is 12.6. The zero-order valence-electron chi connectivity index (χ0n) is 14.4. The van der Waals surface area contributed by atoms with Crippen molar-refractivity contribution in [2.45, 2.75) is 33.5 Å². The molecular weight excluding hydrogens is 518 g/mol. The minimum atomic E-state index is -3.01. The lowest BCUT2D eigenvalue weighted by molar-refractivity contribution is -0.0503. The van der Waals surface area contributed by atoms with Gasteiger partial charge in [0.25, 0.3) is 0 Å². The van der Waals surface area contributed by atoms with Crippen molar-refractivity contribution < 1.29 is 18.0 Å². The van der Waals surface area contributed by atoms with Gasteiger partial charge < -0.3 is 19.9 Å². The van der Waals surface area contributed by atoms with Gasteiger partial charge in [-0.2, -0.15) is 13.8 Å². The predicted molar refractivity (Wildman–Crippen MR) is 109 cm³/mol. The molecule has 0 unspecified atom stereocenters. The monoisotopic (exact) mass is 535 g/mol. The lowest BCUT2D eigenvalue weighted by Gasteiger charge is -2.13. The zero-order valence-corrected chi connectivity index (χ0v) is 18.3. The summed E-state index contributed by atoms with van der Waals surface area (Å²) in [6.45, 7) is 1.45. The van der Waals surface area contributed by atoms with Gasteiger partial charge in [-0.05, 0) is 19.1 Å². The van der Waals surface area contributed by atoms with Crippen molar-refractivity contribution in [3.63, 3.8) is 0 Å². The highest BCUT2D eigenvalue weighted by Crippen LogP contribution is 2.34. The molecule has 0 aliphatic rings. The molecule has 2 aromatic rings. The second-order valence-corrected chi connectivity index (χ2v) is 5.88. The number of alkyl halides is 2. The van der Waals surface area contributed by atoms with Gasteiger partial charge in [0.15, 0.2) is 11.8 Å². The number of hydrogen-bond acceptors (Lipinski definition) is 5. The molecule has 1 aromatic carbocycles. The third-order valence-corrected chi connectivity index (χ3v) is 3.53. The standard InChI is InChI=1S/C15H17Cl2F2N5O2.HI/c1-3-20-15(22-7-12-23-8(2)26-24-12)21-6-9-4-10(16)5-11(17)13(9)25-14(18)19;/h4-5,14H,3,6-7H2,1-2H3,(H2,20,21,22);1H. The van der Waals surface area contributed by atoms with Crippen LogP contribution in [0.25, 0.3) is 0 Å². The number of ether oxygens (including phenoxy) is 1. The second kappa shape index (κ2) is 11.4. The van der Waals surface area contributed by atoms with E-state index >= 15 is 0 Å². The quantitative estimate of drug-likeness (QED) is 0.314. The van der Waals surface area contributed by atoms with Crippen molar-refractivity contribution in [2.24, 2.45) is 4.99 Å². The number of rotatable bonds is 7. The Hall–Kier alpha value is -1.40. The van der Waals surface area contributed by atoms with Crippen LogP contribution >= 0.6 is 47.2 Å². The number of aromatic nitrogens is 2. The van der Waals surface area contributed by atoms with Gasteiger partial charge in [0.2, 0.25) is 5.89 Å². The van der Waals surface area contributed by atoms with Crippen LogP contribution < -0.4 is 15.4 Å². The van der Waals surface area contributed by atoms with E-state index in [4.69, 9.17) is 27.7 Å². The van der Waals surface area contributed by atoms with Crippen molar-refractivity contribution in [3.8, 4) is 5.75 Å². The molecule has 0 atom stereocenters. The first-order chi connectivity index (χ1) is 12.4. The lowest BCUT2D eigenvalue weighted by atomic mass is 10.2. The number of aryl methyl sites for hydroxylation is 1. The molecule has 0 saturated carbocycles. The highest BCUT2D eigenvalue weighted by Gasteiger charge is 2.15. The van der Waals surface area contributed by atoms with Gasteiger partial charge in [-0.25, -0.2) is 4.99 Å². The van der Waals surface area contributed by atoms with Crippen LogP contribution in [0.1, 0.15) is 24.2 Å². The van der Waals surface area contributed by atoms with E-state index in [2.05, 4.69) is 30.5 Å². The summed E-state index contributed by atoms with van der Waals surface area (Å²) in [4.78, 5) is 8.39. The van der Waals surface area contributed by atoms with E-state index in [1.165, 1.54) is 12.1 Å². The summed E-state index contributed by atoms with van der Waals surface area (Å²) in [5.41, 5.74) is 0.329. The van der Waals surface area contributed by atoms with E-state index in [9.17, 15) is 8.78 Å². The summed E-state index contributed by atoms with van der Waals surface area (Å²) in [5, 5.41) is 10.1. The summed E-state index contributed by atoms with van der Waals surface area (Å²) in [5.74, 6) is 1.18. The number of benzene rings is 1. The Morgan fingerprint density at radius 2 is 2.07 bits per heavy atom. The molecule has 0 amide bonds. The van der Waals surface area contributed by atoms with Crippen LogP contribution in [0.2, 0.25) is 10.0 Å². The van der Waals surface area contributed by atoms with Gasteiger partial charge in [-0.15, -0.1) is 24.0 Å². The van der Waals surface area contributed by atoms with Crippen LogP contribution in [-0.4, -0.2) is 29.3 Å². The molecule has 2 rings (SSSR count). The second-order valence-electron chi connectivity index (χ2n) is 5.03. The van der Waals surface area contributed by atoms with Gasteiger partial charge in [-0.1, -0.05) is 28.4 Å². The third-order valence-electron chi connectivity index (χ3n) is 3.03. The Labute approximate surface area is 181 Å². The van der Waals surface area contributed by atoms with Gasteiger partial charge in [-0.3, -0.25) is 0 Å². The predicted octanol–water partition coefficient (Wildman–Crippen LogP) is 4.16. The van der Waals surface area contributed by atoms with E-state index < -0.39 is 6.61 Å². The molecule has 0 aliphatic heterocycles. The molecule has 0 fully saturated rings. The molecular formula is C15H18Cl2F2IN5O2. The molecule has 2 N–H and O–H groups in total. The molecule has 0 spiro atoms. The summed E-state index contributed by atoms with van der Waals surface area (Å²) in [6.07, 6.45) is 0. The molecule has 12 heteroatoms. The minimum Gasteiger partial charge on any atom is -0.433 e. The number of halogens is 5. The van der Waals surface area contributed by atoms with Crippen molar-refractivity contribution in [3.05, 3.63) is 39.5 Å². The van der Waals surface area contributed by atoms with E-state index in [1.807, 2.05) is 6.92 Å². The average Bonchev–Trinajstić information content (AvgIpc) is 2.98. The summed E-state index contributed by atoms with van der Waals surface area (Å²) in [6, 6.07) is 2.80. The SMILES string of the molecule is CCNC(=NCc1cc(Cl)cc(Cl)c1OC(F)F)NCc1noc(C)n1.I. The molecule has 0 aliphatic carbocycles. The minimum absolute atomic E-state index is 0. The molecule has 27 heavy (non-hydrogen) atoms. The van der Waals surface area contributed by atoms with Gasteiger partial charge in [0, 0.05) is 24.1 Å². The molecule has 150 valence electrons. The van der Waals surface area contributed by atoms with E-state index in [-0.39, 0.29) is 47.8 Å². The first-order valence-electron chi connectivity index (χ1n) is 7.63. The lowest BCUT2D eigenvalue weighted by Crippen LogP contribution is -2.37. The number of nitrogens with zero attached hydrogens (tertiary/aromatic N) is 3. The van der Waals surface area contributed by atoms with Crippen molar-refractivity contribution >= 4 is 53.1 Å². The first kappa shape index (κ1) is 23.6. The van der Waals surface area contributed by atoms with Crippen molar-refractivity contribution in [1.29, 1.82) is 0 Å². The number of guanidine groups is 1. The summed E-state index contributed by atoms with van der Waals surface area (Å²) in [7, 11) is 0. The van der Waals surface area contributed by atoms with Crippen molar-refractivity contribution in [2.75, 3.05) is 6.54 Å². The number of nitrogens with one attached hydrogen (secondary N) is 2. The Morgan fingerprint density at radius 1 is 1.33 bits per heavy atom. The van der Waals surface area contributed by atoms with Crippen LogP contribution in [0.5, 0.6) is 5.75 Å². The topological polar surface area (TPSA) is 84.6 Å². The van der Waals surface area contributed by atoms with E-state index in [0.29, 0.717) is 34.8 Å². The number of hydrogen-bond donors (Lipinski definition) is 2. The van der Waals surface area contributed by atoms with Crippen LogP contribution in [0.15, 0.2) is 21.6 Å². The Bertz CT molecular complexity index is 777. The van der Waals surface area contributed by atoms with Crippen LogP contribution in [0.3, 0.4) is 0 Å².